The Kier molecular flexibility index (Phi) is 4.77. The SMILES string of the molecule is CCCC(NC(=O)c1ccc(-n2cccc2)cc1)C(=O)O. The summed E-state index contributed by atoms with van der Waals surface area (Å²) >= 11 is 0. The molecule has 0 saturated carbocycles. The summed E-state index contributed by atoms with van der Waals surface area (Å²) in [5, 5.41) is 11.6. The lowest BCUT2D eigenvalue weighted by molar-refractivity contribution is -0.139. The maximum atomic E-state index is 12.1. The molecule has 2 aromatic rings. The van der Waals surface area contributed by atoms with Gasteiger partial charge in [0.15, 0.2) is 0 Å². The van der Waals surface area contributed by atoms with Crippen LogP contribution in [-0.4, -0.2) is 27.6 Å². The number of benzene rings is 1. The van der Waals surface area contributed by atoms with Crippen LogP contribution in [0.15, 0.2) is 48.8 Å². The Balaban J connectivity index is 2.07. The Morgan fingerprint density at radius 3 is 2.33 bits per heavy atom. The third kappa shape index (κ3) is 3.72. The summed E-state index contributed by atoms with van der Waals surface area (Å²) in [4.78, 5) is 23.1. The first-order valence-corrected chi connectivity index (χ1v) is 6.89. The first-order valence-electron chi connectivity index (χ1n) is 6.89. The van der Waals surface area contributed by atoms with Crippen molar-refractivity contribution in [1.82, 2.24) is 9.88 Å². The average Bonchev–Trinajstić information content (AvgIpc) is 3.01. The summed E-state index contributed by atoms with van der Waals surface area (Å²) in [5.74, 6) is -1.37. The predicted molar refractivity (Wildman–Crippen MR) is 79.6 cm³/mol. The first-order chi connectivity index (χ1) is 10.1. The number of carbonyl (C=O) groups excluding carboxylic acids is 1. The lowest BCUT2D eigenvalue weighted by Crippen LogP contribution is -2.40. The molecule has 1 aromatic carbocycles. The lowest BCUT2D eigenvalue weighted by Gasteiger charge is -2.13. The molecule has 0 fully saturated rings. The van der Waals surface area contributed by atoms with Crippen LogP contribution in [0.4, 0.5) is 0 Å². The Labute approximate surface area is 123 Å². The van der Waals surface area contributed by atoms with Crippen LogP contribution < -0.4 is 5.32 Å². The van der Waals surface area contributed by atoms with E-state index in [4.69, 9.17) is 5.11 Å². The van der Waals surface area contributed by atoms with Gasteiger partial charge in [-0.1, -0.05) is 13.3 Å². The van der Waals surface area contributed by atoms with Crippen LogP contribution in [0.5, 0.6) is 0 Å². The van der Waals surface area contributed by atoms with Gasteiger partial charge in [-0.25, -0.2) is 4.79 Å². The van der Waals surface area contributed by atoms with Crippen LogP contribution in [-0.2, 0) is 4.79 Å². The monoisotopic (exact) mass is 286 g/mol. The molecule has 21 heavy (non-hydrogen) atoms. The van der Waals surface area contributed by atoms with E-state index in [-0.39, 0.29) is 5.91 Å². The minimum Gasteiger partial charge on any atom is -0.480 e. The van der Waals surface area contributed by atoms with Gasteiger partial charge in [0.05, 0.1) is 0 Å². The van der Waals surface area contributed by atoms with Gasteiger partial charge in [0.25, 0.3) is 5.91 Å². The van der Waals surface area contributed by atoms with E-state index < -0.39 is 12.0 Å². The van der Waals surface area contributed by atoms with E-state index in [1.165, 1.54) is 0 Å². The Bertz CT molecular complexity index is 603. The topological polar surface area (TPSA) is 71.3 Å². The molecule has 2 N–H and O–H groups in total. The highest BCUT2D eigenvalue weighted by Gasteiger charge is 2.19. The van der Waals surface area contributed by atoms with Crippen molar-refractivity contribution in [2.45, 2.75) is 25.8 Å². The highest BCUT2D eigenvalue weighted by molar-refractivity contribution is 5.96. The van der Waals surface area contributed by atoms with Gasteiger partial charge in [-0.2, -0.15) is 0 Å². The molecule has 110 valence electrons. The number of nitrogens with zero attached hydrogens (tertiary/aromatic N) is 1. The number of hydrogen-bond donors (Lipinski definition) is 2. The zero-order chi connectivity index (χ0) is 15.2. The van der Waals surface area contributed by atoms with Crippen molar-refractivity contribution < 1.29 is 14.7 Å². The van der Waals surface area contributed by atoms with E-state index in [2.05, 4.69) is 5.32 Å². The minimum atomic E-state index is -1.01. The van der Waals surface area contributed by atoms with Gasteiger partial charge in [-0.05, 0) is 42.8 Å². The molecule has 5 nitrogen and oxygen atoms in total. The maximum Gasteiger partial charge on any atom is 0.326 e. The van der Waals surface area contributed by atoms with E-state index in [0.717, 1.165) is 5.69 Å². The third-order valence-corrected chi connectivity index (χ3v) is 3.21. The Hall–Kier alpha value is -2.56. The van der Waals surface area contributed by atoms with Crippen molar-refractivity contribution in [2.24, 2.45) is 0 Å². The summed E-state index contributed by atoms with van der Waals surface area (Å²) in [7, 11) is 0. The van der Waals surface area contributed by atoms with Gasteiger partial charge in [0.2, 0.25) is 0 Å². The largest absolute Gasteiger partial charge is 0.480 e. The fourth-order valence-corrected chi connectivity index (χ4v) is 2.08. The molecule has 0 radical (unpaired) electrons. The molecule has 0 spiro atoms. The standard InChI is InChI=1S/C16H18N2O3/c1-2-5-14(16(20)21)17-15(19)12-6-8-13(9-7-12)18-10-3-4-11-18/h3-4,6-11,14H,2,5H2,1H3,(H,17,19)(H,20,21). The van der Waals surface area contributed by atoms with Gasteiger partial charge in [0.1, 0.15) is 6.04 Å². The zero-order valence-corrected chi connectivity index (χ0v) is 11.8. The van der Waals surface area contributed by atoms with Crippen LogP contribution in [0.3, 0.4) is 0 Å². The van der Waals surface area contributed by atoms with Gasteiger partial charge in [-0.15, -0.1) is 0 Å². The number of aliphatic carboxylic acids is 1. The summed E-state index contributed by atoms with van der Waals surface area (Å²) in [5.41, 5.74) is 1.40. The normalized spacial score (nSPS) is 11.9. The second-order valence-electron chi connectivity index (χ2n) is 4.79. The molecule has 0 saturated heterocycles. The van der Waals surface area contributed by atoms with E-state index >= 15 is 0 Å². The number of carboxylic acids is 1. The quantitative estimate of drug-likeness (QED) is 0.857. The number of carboxylic acid groups (broad SMARTS) is 1. The summed E-state index contributed by atoms with van der Waals surface area (Å²) in [6.45, 7) is 1.88. The van der Waals surface area contributed by atoms with Gasteiger partial charge in [-0.3, -0.25) is 4.79 Å². The second kappa shape index (κ2) is 6.74. The molecule has 1 amide bonds. The molecule has 0 aliphatic carbocycles. The van der Waals surface area contributed by atoms with E-state index in [9.17, 15) is 9.59 Å². The molecule has 1 atom stereocenters. The van der Waals surface area contributed by atoms with Crippen LogP contribution in [0.2, 0.25) is 0 Å². The summed E-state index contributed by atoms with van der Waals surface area (Å²) in [6.07, 6.45) is 4.94. The zero-order valence-electron chi connectivity index (χ0n) is 11.8. The van der Waals surface area contributed by atoms with Crippen molar-refractivity contribution >= 4 is 11.9 Å². The molecule has 2 rings (SSSR count). The maximum absolute atomic E-state index is 12.1. The van der Waals surface area contributed by atoms with Crippen LogP contribution >= 0.6 is 0 Å². The van der Waals surface area contributed by atoms with Gasteiger partial charge in [0, 0.05) is 23.6 Å². The summed E-state index contributed by atoms with van der Waals surface area (Å²) in [6, 6.07) is 10.0. The first kappa shape index (κ1) is 14.8. The van der Waals surface area contributed by atoms with Gasteiger partial charge >= 0.3 is 5.97 Å². The lowest BCUT2D eigenvalue weighted by atomic mass is 10.1. The predicted octanol–water partition coefficient (Wildman–Crippen LogP) is 2.46. The highest BCUT2D eigenvalue weighted by Crippen LogP contribution is 2.10. The molecule has 1 heterocycles. The number of nitrogens with one attached hydrogen (secondary N) is 1. The highest BCUT2D eigenvalue weighted by atomic mass is 16.4. The average molecular weight is 286 g/mol. The number of aromatic nitrogens is 1. The van der Waals surface area contributed by atoms with Crippen molar-refractivity contribution in [3.63, 3.8) is 0 Å². The molecule has 1 unspecified atom stereocenters. The molecule has 1 aromatic heterocycles. The number of hydrogen-bond acceptors (Lipinski definition) is 2. The Morgan fingerprint density at radius 1 is 1.19 bits per heavy atom. The Morgan fingerprint density at radius 2 is 1.81 bits per heavy atom. The van der Waals surface area contributed by atoms with Crippen LogP contribution in [0, 0.1) is 0 Å². The molecular formula is C16H18N2O3. The van der Waals surface area contributed by atoms with Gasteiger partial charge < -0.3 is 15.0 Å². The fraction of sp³-hybridized carbons (Fsp3) is 0.250. The molecular weight excluding hydrogens is 268 g/mol. The van der Waals surface area contributed by atoms with Crippen molar-refractivity contribution in [3.8, 4) is 5.69 Å². The molecule has 0 bridgehead atoms. The number of carbonyl (C=O) groups is 2. The second-order valence-corrected chi connectivity index (χ2v) is 4.79. The molecule has 0 aliphatic heterocycles. The number of amides is 1. The van der Waals surface area contributed by atoms with Crippen molar-refractivity contribution in [3.05, 3.63) is 54.4 Å². The smallest absolute Gasteiger partial charge is 0.326 e. The molecule has 0 aliphatic rings. The third-order valence-electron chi connectivity index (χ3n) is 3.21. The summed E-state index contributed by atoms with van der Waals surface area (Å²) < 4.78 is 1.93. The van der Waals surface area contributed by atoms with E-state index in [0.29, 0.717) is 18.4 Å². The number of rotatable bonds is 6. The van der Waals surface area contributed by atoms with Crippen LogP contribution in [0.25, 0.3) is 5.69 Å². The fourth-order valence-electron chi connectivity index (χ4n) is 2.08. The molecule has 5 heteroatoms. The van der Waals surface area contributed by atoms with E-state index in [1.54, 1.807) is 12.1 Å². The van der Waals surface area contributed by atoms with E-state index in [1.807, 2.05) is 48.1 Å². The van der Waals surface area contributed by atoms with Crippen LogP contribution in [0.1, 0.15) is 30.1 Å². The van der Waals surface area contributed by atoms with Crippen molar-refractivity contribution in [2.75, 3.05) is 0 Å². The minimum absolute atomic E-state index is 0.366. The van der Waals surface area contributed by atoms with Crippen molar-refractivity contribution in [1.29, 1.82) is 0 Å².